The van der Waals surface area contributed by atoms with Gasteiger partial charge < -0.3 is 13.9 Å². The van der Waals surface area contributed by atoms with Crippen molar-refractivity contribution in [2.45, 2.75) is 24.3 Å². The summed E-state index contributed by atoms with van der Waals surface area (Å²) in [4.78, 5) is 20.4. The first kappa shape index (κ1) is 26.5. The molecule has 1 fully saturated rings. The number of ether oxygens (including phenoxy) is 2. The number of aromatic nitrogens is 1. The van der Waals surface area contributed by atoms with Crippen LogP contribution >= 0.6 is 22.9 Å². The highest BCUT2D eigenvalue weighted by atomic mass is 35.5. The van der Waals surface area contributed by atoms with Crippen LogP contribution in [-0.4, -0.2) is 50.9 Å². The summed E-state index contributed by atoms with van der Waals surface area (Å²) in [6, 6.07) is 13.3. The summed E-state index contributed by atoms with van der Waals surface area (Å²) in [6.07, 6.45) is 2.33. The van der Waals surface area contributed by atoms with Gasteiger partial charge in [0.05, 0.1) is 31.9 Å². The van der Waals surface area contributed by atoms with Gasteiger partial charge in [-0.25, -0.2) is 13.4 Å². The number of hydrogen-bond acceptors (Lipinski definition) is 8. The Hall–Kier alpha value is -3.12. The van der Waals surface area contributed by atoms with Crippen molar-refractivity contribution in [2.24, 2.45) is 5.92 Å². The Balaban J connectivity index is 1.40. The number of rotatable bonds is 8. The van der Waals surface area contributed by atoms with Gasteiger partial charge in [0.25, 0.3) is 0 Å². The third kappa shape index (κ3) is 5.11. The van der Waals surface area contributed by atoms with E-state index in [-0.39, 0.29) is 36.4 Å². The monoisotopic (exact) mass is 575 g/mol. The standard InChI is InChI=1S/C26H26ClN3O6S2/c1-34-21-9-10-22(35-2)24-23(21)28-26(37-24)30(16-19-4-3-15-36-19)25(31)17-11-13-29(14-12-17)38(32,33)20-7-5-18(27)6-8-20/h3-10,15,17H,11-14,16H2,1-2H3. The van der Waals surface area contributed by atoms with Crippen LogP contribution in [0, 0.1) is 5.92 Å². The SMILES string of the molecule is COc1ccc(OC)c2sc(N(Cc3ccco3)C(=O)C3CCN(S(=O)(=O)c4ccc(Cl)cc4)CC3)nc12. The minimum absolute atomic E-state index is 0.137. The predicted molar refractivity (Wildman–Crippen MR) is 146 cm³/mol. The summed E-state index contributed by atoms with van der Waals surface area (Å²) >= 11 is 7.25. The van der Waals surface area contributed by atoms with Gasteiger partial charge in [-0.1, -0.05) is 22.9 Å². The van der Waals surface area contributed by atoms with Gasteiger partial charge in [-0.2, -0.15) is 4.31 Å². The third-order valence-electron chi connectivity index (χ3n) is 6.54. The maximum Gasteiger partial charge on any atom is 0.243 e. The molecule has 3 heterocycles. The summed E-state index contributed by atoms with van der Waals surface area (Å²) in [5.74, 6) is 1.31. The van der Waals surface area contributed by atoms with Crippen molar-refractivity contribution in [3.05, 3.63) is 65.6 Å². The predicted octanol–water partition coefficient (Wildman–Crippen LogP) is 5.19. The molecule has 9 nitrogen and oxygen atoms in total. The Morgan fingerprint density at radius 3 is 2.42 bits per heavy atom. The molecule has 0 saturated carbocycles. The van der Waals surface area contributed by atoms with Crippen LogP contribution in [0.5, 0.6) is 11.5 Å². The zero-order valence-electron chi connectivity index (χ0n) is 20.8. The van der Waals surface area contributed by atoms with Crippen LogP contribution in [0.2, 0.25) is 5.02 Å². The van der Waals surface area contributed by atoms with Gasteiger partial charge in [0, 0.05) is 24.0 Å². The van der Waals surface area contributed by atoms with Gasteiger partial charge in [0.1, 0.15) is 27.5 Å². The second-order valence-electron chi connectivity index (χ2n) is 8.78. The highest BCUT2D eigenvalue weighted by molar-refractivity contribution is 7.89. The molecule has 1 amide bonds. The quantitative estimate of drug-likeness (QED) is 0.285. The lowest BCUT2D eigenvalue weighted by Gasteiger charge is -2.32. The van der Waals surface area contributed by atoms with Crippen LogP contribution in [0.4, 0.5) is 5.13 Å². The number of piperidine rings is 1. The first-order valence-corrected chi connectivity index (χ1v) is 14.6. The molecular formula is C26H26ClN3O6S2. The fourth-order valence-corrected chi connectivity index (χ4v) is 7.18. The fourth-order valence-electron chi connectivity index (χ4n) is 4.51. The van der Waals surface area contributed by atoms with Gasteiger partial charge in [0.15, 0.2) is 5.13 Å². The summed E-state index contributed by atoms with van der Waals surface area (Å²) < 4.78 is 44.9. The van der Waals surface area contributed by atoms with Gasteiger partial charge >= 0.3 is 0 Å². The molecule has 1 saturated heterocycles. The molecule has 0 radical (unpaired) electrons. The average Bonchev–Trinajstić information content (AvgIpc) is 3.61. The van der Waals surface area contributed by atoms with Crippen LogP contribution in [0.15, 0.2) is 64.1 Å². The van der Waals surface area contributed by atoms with E-state index in [9.17, 15) is 13.2 Å². The number of anilines is 1. The second kappa shape index (κ2) is 10.9. The Morgan fingerprint density at radius 2 is 1.79 bits per heavy atom. The van der Waals surface area contributed by atoms with Crippen molar-refractivity contribution in [1.82, 2.24) is 9.29 Å². The fraction of sp³-hybridized carbons (Fsp3) is 0.308. The normalized spacial score (nSPS) is 15.0. The lowest BCUT2D eigenvalue weighted by Crippen LogP contribution is -2.44. The minimum Gasteiger partial charge on any atom is -0.495 e. The number of carbonyl (C=O) groups is 1. The van der Waals surface area contributed by atoms with Gasteiger partial charge in [-0.15, -0.1) is 0 Å². The molecule has 5 rings (SSSR count). The lowest BCUT2D eigenvalue weighted by atomic mass is 9.96. The molecule has 0 unspecified atom stereocenters. The van der Waals surface area contributed by atoms with E-state index in [4.69, 9.17) is 30.5 Å². The average molecular weight is 576 g/mol. The maximum atomic E-state index is 13.9. The number of carbonyl (C=O) groups excluding carboxylic acids is 1. The largest absolute Gasteiger partial charge is 0.495 e. The first-order valence-electron chi connectivity index (χ1n) is 11.9. The Labute approximate surface area is 229 Å². The maximum absolute atomic E-state index is 13.9. The van der Waals surface area contributed by atoms with Crippen LogP contribution in [0.25, 0.3) is 10.2 Å². The Kier molecular flexibility index (Phi) is 7.62. The number of furan rings is 1. The molecule has 0 spiro atoms. The molecule has 1 aliphatic rings. The summed E-state index contributed by atoms with van der Waals surface area (Å²) in [5, 5.41) is 0.954. The van der Waals surface area contributed by atoms with E-state index in [0.717, 1.165) is 4.70 Å². The van der Waals surface area contributed by atoms with Crippen LogP contribution in [-0.2, 0) is 21.4 Å². The molecule has 12 heteroatoms. The Morgan fingerprint density at radius 1 is 1.11 bits per heavy atom. The van der Waals surface area contributed by atoms with E-state index in [1.807, 2.05) is 0 Å². The summed E-state index contributed by atoms with van der Waals surface area (Å²) in [5.41, 5.74) is 0.605. The first-order chi connectivity index (χ1) is 18.3. The van der Waals surface area contributed by atoms with Crippen LogP contribution in [0.1, 0.15) is 18.6 Å². The smallest absolute Gasteiger partial charge is 0.243 e. The molecule has 0 bridgehead atoms. The highest BCUT2D eigenvalue weighted by Crippen LogP contribution is 2.41. The molecular weight excluding hydrogens is 550 g/mol. The third-order valence-corrected chi connectivity index (χ3v) is 9.80. The van der Waals surface area contributed by atoms with E-state index in [1.165, 1.54) is 27.8 Å². The van der Waals surface area contributed by atoms with E-state index < -0.39 is 10.0 Å². The molecule has 0 N–H and O–H groups in total. The van der Waals surface area contributed by atoms with E-state index in [0.29, 0.717) is 45.8 Å². The van der Waals surface area contributed by atoms with Crippen molar-refractivity contribution in [3.63, 3.8) is 0 Å². The Bertz CT molecular complexity index is 1490. The molecule has 2 aromatic carbocycles. The number of amides is 1. The molecule has 38 heavy (non-hydrogen) atoms. The van der Waals surface area contributed by atoms with Gasteiger partial charge in [-0.3, -0.25) is 9.69 Å². The molecule has 200 valence electrons. The zero-order valence-corrected chi connectivity index (χ0v) is 23.2. The number of thiazole rings is 1. The number of fused-ring (bicyclic) bond motifs is 1. The number of nitrogens with zero attached hydrogens (tertiary/aromatic N) is 3. The number of methoxy groups -OCH3 is 2. The number of benzene rings is 2. The molecule has 0 atom stereocenters. The zero-order chi connectivity index (χ0) is 26.9. The van der Waals surface area contributed by atoms with Gasteiger partial charge in [-0.05, 0) is 61.4 Å². The van der Waals surface area contributed by atoms with E-state index >= 15 is 0 Å². The van der Waals surface area contributed by atoms with Gasteiger partial charge in [0.2, 0.25) is 15.9 Å². The molecule has 2 aromatic heterocycles. The topological polar surface area (TPSA) is 102 Å². The van der Waals surface area contributed by atoms with E-state index in [2.05, 4.69) is 0 Å². The van der Waals surface area contributed by atoms with Crippen molar-refractivity contribution >= 4 is 54.2 Å². The molecule has 4 aromatic rings. The van der Waals surface area contributed by atoms with Crippen molar-refractivity contribution < 1.29 is 27.1 Å². The number of halogens is 1. The number of sulfonamides is 1. The molecule has 0 aliphatic carbocycles. The van der Waals surface area contributed by atoms with Crippen LogP contribution < -0.4 is 14.4 Å². The second-order valence-corrected chi connectivity index (χ2v) is 12.1. The highest BCUT2D eigenvalue weighted by Gasteiger charge is 2.35. The van der Waals surface area contributed by atoms with E-state index in [1.54, 1.807) is 61.8 Å². The lowest BCUT2D eigenvalue weighted by molar-refractivity contribution is -0.123. The molecule has 1 aliphatic heterocycles. The minimum atomic E-state index is -3.68. The summed E-state index contributed by atoms with van der Waals surface area (Å²) in [6.45, 7) is 0.661. The van der Waals surface area contributed by atoms with Crippen LogP contribution in [0.3, 0.4) is 0 Å². The number of hydrogen-bond donors (Lipinski definition) is 0. The van der Waals surface area contributed by atoms with Crippen molar-refractivity contribution in [2.75, 3.05) is 32.2 Å². The van der Waals surface area contributed by atoms with Crippen molar-refractivity contribution in [3.8, 4) is 11.5 Å². The van der Waals surface area contributed by atoms with Crippen molar-refractivity contribution in [1.29, 1.82) is 0 Å². The summed E-state index contributed by atoms with van der Waals surface area (Å²) in [7, 11) is -0.528.